The number of anilines is 1. The van der Waals surface area contributed by atoms with E-state index in [2.05, 4.69) is 4.72 Å². The number of nitrogens with one attached hydrogen (secondary N) is 1. The number of benzene rings is 3. The minimum absolute atomic E-state index is 0.103. The zero-order valence-electron chi connectivity index (χ0n) is 18.7. The first kappa shape index (κ1) is 24.1. The molecule has 1 saturated heterocycles. The molecule has 1 amide bonds. The highest BCUT2D eigenvalue weighted by atomic mass is 32.2. The summed E-state index contributed by atoms with van der Waals surface area (Å²) in [4.78, 5) is 16.2. The molecule has 34 heavy (non-hydrogen) atoms. The van der Waals surface area contributed by atoms with Crippen molar-refractivity contribution in [2.45, 2.75) is 27.7 Å². The van der Waals surface area contributed by atoms with Gasteiger partial charge in [-0.15, -0.1) is 0 Å². The van der Waals surface area contributed by atoms with Gasteiger partial charge in [-0.2, -0.15) is 0 Å². The van der Waals surface area contributed by atoms with Gasteiger partial charge >= 0.3 is 0 Å². The highest BCUT2D eigenvalue weighted by Crippen LogP contribution is 2.34. The number of sulfonamides is 1. The zero-order valence-corrected chi connectivity index (χ0v) is 20.3. The van der Waals surface area contributed by atoms with Crippen molar-refractivity contribution in [3.05, 3.63) is 78.9 Å². The Balaban J connectivity index is 1.43. The molecule has 178 valence electrons. The molecule has 1 aliphatic heterocycles. The van der Waals surface area contributed by atoms with Crippen molar-refractivity contribution in [2.75, 3.05) is 31.0 Å². The second kappa shape index (κ2) is 10.9. The third kappa shape index (κ3) is 6.11. The van der Waals surface area contributed by atoms with Crippen molar-refractivity contribution in [1.82, 2.24) is 4.90 Å². The van der Waals surface area contributed by atoms with E-state index in [1.165, 1.54) is 23.9 Å². The van der Waals surface area contributed by atoms with E-state index in [0.29, 0.717) is 37.7 Å². The Morgan fingerprint density at radius 2 is 1.62 bits per heavy atom. The SMILES string of the molecule is C[C@H](Oc1ccc(S(=O)(=O)Nc2ccccc2Sc2ccccc2)cc1)C(=O)N1CCOCC1. The van der Waals surface area contributed by atoms with Crippen molar-refractivity contribution in [1.29, 1.82) is 0 Å². The maximum Gasteiger partial charge on any atom is 0.263 e. The monoisotopic (exact) mass is 498 g/mol. The number of para-hydroxylation sites is 1. The van der Waals surface area contributed by atoms with Gasteiger partial charge < -0.3 is 14.4 Å². The van der Waals surface area contributed by atoms with Gasteiger partial charge in [0.1, 0.15) is 5.75 Å². The lowest BCUT2D eigenvalue weighted by Crippen LogP contribution is -2.46. The average Bonchev–Trinajstić information content (AvgIpc) is 2.86. The number of nitrogens with zero attached hydrogens (tertiary/aromatic N) is 1. The first-order valence-electron chi connectivity index (χ1n) is 10.9. The molecule has 9 heteroatoms. The Labute approximate surface area is 204 Å². The Morgan fingerprint density at radius 3 is 2.32 bits per heavy atom. The summed E-state index contributed by atoms with van der Waals surface area (Å²) in [6, 6.07) is 23.1. The number of carbonyl (C=O) groups is 1. The van der Waals surface area contributed by atoms with Crippen LogP contribution in [0.2, 0.25) is 0 Å². The molecule has 3 aromatic rings. The van der Waals surface area contributed by atoms with Gasteiger partial charge in [-0.25, -0.2) is 8.42 Å². The quantitative estimate of drug-likeness (QED) is 0.500. The molecule has 7 nitrogen and oxygen atoms in total. The Morgan fingerprint density at radius 1 is 0.971 bits per heavy atom. The highest BCUT2D eigenvalue weighted by Gasteiger charge is 2.24. The third-order valence-corrected chi connectivity index (χ3v) is 7.69. The van der Waals surface area contributed by atoms with Gasteiger partial charge in [0.25, 0.3) is 15.9 Å². The summed E-state index contributed by atoms with van der Waals surface area (Å²) >= 11 is 1.48. The standard InChI is InChI=1S/C25H26N2O5S2/c1-19(25(28)27-15-17-31-18-16-27)32-20-11-13-22(14-12-20)34(29,30)26-23-9-5-6-10-24(23)33-21-7-3-2-4-8-21/h2-14,19,26H,15-18H2,1H3/t19-/m0/s1. The van der Waals surface area contributed by atoms with Gasteiger partial charge in [0, 0.05) is 22.9 Å². The lowest BCUT2D eigenvalue weighted by molar-refractivity contribution is -0.142. The van der Waals surface area contributed by atoms with Crippen LogP contribution in [0.5, 0.6) is 5.75 Å². The number of amides is 1. The Hall–Kier alpha value is -3.01. The number of carbonyl (C=O) groups excluding carboxylic acids is 1. The molecular formula is C25H26N2O5S2. The maximum absolute atomic E-state index is 13.0. The molecular weight excluding hydrogens is 472 g/mol. The maximum atomic E-state index is 13.0. The molecule has 4 rings (SSSR count). The summed E-state index contributed by atoms with van der Waals surface area (Å²) in [7, 11) is -3.81. The molecule has 3 aromatic carbocycles. The normalized spacial score (nSPS) is 14.9. The summed E-state index contributed by atoms with van der Waals surface area (Å²) in [5.74, 6) is 0.308. The molecule has 0 saturated carbocycles. The molecule has 1 fully saturated rings. The van der Waals surface area contributed by atoms with E-state index in [1.54, 1.807) is 36.1 Å². The average molecular weight is 499 g/mol. The second-order valence-electron chi connectivity index (χ2n) is 7.69. The fourth-order valence-corrected chi connectivity index (χ4v) is 5.52. The van der Waals surface area contributed by atoms with E-state index >= 15 is 0 Å². The van der Waals surface area contributed by atoms with Crippen molar-refractivity contribution in [2.24, 2.45) is 0 Å². The number of hydrogen-bond donors (Lipinski definition) is 1. The van der Waals surface area contributed by atoms with Gasteiger partial charge in [-0.3, -0.25) is 9.52 Å². The molecule has 0 aliphatic carbocycles. The number of rotatable bonds is 8. The lowest BCUT2D eigenvalue weighted by Gasteiger charge is -2.29. The number of ether oxygens (including phenoxy) is 2. The molecule has 1 N–H and O–H groups in total. The Bertz CT molecular complexity index is 1210. The van der Waals surface area contributed by atoms with Crippen LogP contribution in [0.3, 0.4) is 0 Å². The lowest BCUT2D eigenvalue weighted by atomic mass is 10.3. The van der Waals surface area contributed by atoms with Crippen molar-refractivity contribution in [3.63, 3.8) is 0 Å². The van der Waals surface area contributed by atoms with Crippen LogP contribution in [-0.2, 0) is 19.6 Å². The molecule has 0 aromatic heterocycles. The minimum Gasteiger partial charge on any atom is -0.481 e. The predicted molar refractivity (Wildman–Crippen MR) is 132 cm³/mol. The van der Waals surface area contributed by atoms with Gasteiger partial charge in [0.2, 0.25) is 0 Å². The smallest absolute Gasteiger partial charge is 0.263 e. The van der Waals surface area contributed by atoms with Crippen molar-refractivity contribution < 1.29 is 22.7 Å². The summed E-state index contributed by atoms with van der Waals surface area (Å²) < 4.78 is 39.7. The summed E-state index contributed by atoms with van der Waals surface area (Å²) in [5, 5.41) is 0. The van der Waals surface area contributed by atoms with Crippen LogP contribution in [-0.4, -0.2) is 51.6 Å². The fraction of sp³-hybridized carbons (Fsp3) is 0.240. The van der Waals surface area contributed by atoms with E-state index < -0.39 is 16.1 Å². The van der Waals surface area contributed by atoms with Crippen LogP contribution >= 0.6 is 11.8 Å². The van der Waals surface area contributed by atoms with E-state index in [1.807, 2.05) is 42.5 Å². The van der Waals surface area contributed by atoms with Gasteiger partial charge in [-0.05, 0) is 55.5 Å². The summed E-state index contributed by atoms with van der Waals surface area (Å²) in [5.41, 5.74) is 0.501. The Kier molecular flexibility index (Phi) is 7.77. The van der Waals surface area contributed by atoms with Crippen LogP contribution in [0.25, 0.3) is 0 Å². The largest absolute Gasteiger partial charge is 0.481 e. The molecule has 1 atom stereocenters. The van der Waals surface area contributed by atoms with E-state index in [-0.39, 0.29) is 10.8 Å². The predicted octanol–water partition coefficient (Wildman–Crippen LogP) is 4.26. The first-order chi connectivity index (χ1) is 16.4. The second-order valence-corrected chi connectivity index (χ2v) is 10.5. The van der Waals surface area contributed by atoms with Crippen LogP contribution in [0.15, 0.2) is 93.5 Å². The van der Waals surface area contributed by atoms with Crippen molar-refractivity contribution in [3.8, 4) is 5.75 Å². The van der Waals surface area contributed by atoms with Crippen LogP contribution in [0.4, 0.5) is 5.69 Å². The number of hydrogen-bond acceptors (Lipinski definition) is 6. The fourth-order valence-electron chi connectivity index (χ4n) is 3.45. The highest BCUT2D eigenvalue weighted by molar-refractivity contribution is 7.99. The summed E-state index contributed by atoms with van der Waals surface area (Å²) in [6.07, 6.45) is -0.680. The zero-order chi connectivity index (χ0) is 24.0. The summed E-state index contributed by atoms with van der Waals surface area (Å²) in [6.45, 7) is 3.81. The van der Waals surface area contributed by atoms with E-state index in [9.17, 15) is 13.2 Å². The van der Waals surface area contributed by atoms with Gasteiger partial charge in [0.15, 0.2) is 6.10 Å². The van der Waals surface area contributed by atoms with E-state index in [4.69, 9.17) is 9.47 Å². The van der Waals surface area contributed by atoms with Crippen molar-refractivity contribution >= 4 is 33.4 Å². The molecule has 1 heterocycles. The van der Waals surface area contributed by atoms with Crippen LogP contribution in [0, 0.1) is 0 Å². The van der Waals surface area contributed by atoms with Gasteiger partial charge in [-0.1, -0.05) is 42.1 Å². The van der Waals surface area contributed by atoms with Gasteiger partial charge in [0.05, 0.1) is 23.8 Å². The molecule has 1 aliphatic rings. The molecule has 0 bridgehead atoms. The molecule has 0 radical (unpaired) electrons. The molecule has 0 spiro atoms. The van der Waals surface area contributed by atoms with Crippen LogP contribution in [0.1, 0.15) is 6.92 Å². The topological polar surface area (TPSA) is 84.9 Å². The number of morpholine rings is 1. The van der Waals surface area contributed by atoms with E-state index in [0.717, 1.165) is 9.79 Å². The minimum atomic E-state index is -3.81. The third-order valence-electron chi connectivity index (χ3n) is 5.22. The molecule has 0 unspecified atom stereocenters. The first-order valence-corrected chi connectivity index (χ1v) is 13.2. The van der Waals surface area contributed by atoms with Crippen LogP contribution < -0.4 is 9.46 Å².